The first-order valence-corrected chi connectivity index (χ1v) is 7.27. The molecule has 4 heteroatoms. The van der Waals surface area contributed by atoms with Crippen molar-refractivity contribution in [1.82, 2.24) is 9.78 Å². The lowest BCUT2D eigenvalue weighted by molar-refractivity contribution is 0.621. The third-order valence-corrected chi connectivity index (χ3v) is 3.40. The summed E-state index contributed by atoms with van der Waals surface area (Å²) in [5, 5.41) is 7.61. The highest BCUT2D eigenvalue weighted by Gasteiger charge is 2.09. The summed E-state index contributed by atoms with van der Waals surface area (Å²) in [5.41, 5.74) is 3.06. The predicted octanol–water partition coefficient (Wildman–Crippen LogP) is 3.67. The Hall–Kier alpha value is -2.88. The molecular formula is C18H17N3O. The molecule has 0 unspecified atom stereocenters. The Bertz CT molecular complexity index is 811. The zero-order valence-electron chi connectivity index (χ0n) is 12.4. The van der Waals surface area contributed by atoms with Crippen LogP contribution >= 0.6 is 0 Å². The predicted molar refractivity (Wildman–Crippen MR) is 89.3 cm³/mol. The molecule has 4 nitrogen and oxygen atoms in total. The van der Waals surface area contributed by atoms with Crippen LogP contribution in [0, 0.1) is 0 Å². The lowest BCUT2D eigenvalue weighted by Gasteiger charge is -2.11. The Kier molecular flexibility index (Phi) is 4.01. The zero-order valence-corrected chi connectivity index (χ0v) is 12.4. The normalized spacial score (nSPS) is 10.4. The van der Waals surface area contributed by atoms with Crippen molar-refractivity contribution < 1.29 is 0 Å². The molecular weight excluding hydrogens is 274 g/mol. The fourth-order valence-corrected chi connectivity index (χ4v) is 2.27. The number of para-hydroxylation sites is 1. The highest BCUT2D eigenvalue weighted by Crippen LogP contribution is 2.20. The van der Waals surface area contributed by atoms with Gasteiger partial charge in [0.15, 0.2) is 0 Å². The molecule has 0 atom stereocenters. The van der Waals surface area contributed by atoms with Crippen LogP contribution in [0.2, 0.25) is 0 Å². The van der Waals surface area contributed by atoms with Crippen LogP contribution in [0.25, 0.3) is 11.3 Å². The van der Waals surface area contributed by atoms with Gasteiger partial charge < -0.3 is 5.32 Å². The third-order valence-electron chi connectivity index (χ3n) is 3.40. The van der Waals surface area contributed by atoms with E-state index in [1.165, 1.54) is 4.68 Å². The van der Waals surface area contributed by atoms with Crippen molar-refractivity contribution in [2.45, 2.75) is 13.5 Å². The summed E-state index contributed by atoms with van der Waals surface area (Å²) in [6.07, 6.45) is 0. The van der Waals surface area contributed by atoms with Gasteiger partial charge in [0.1, 0.15) is 5.69 Å². The molecule has 22 heavy (non-hydrogen) atoms. The molecule has 0 spiro atoms. The second-order valence-electron chi connectivity index (χ2n) is 4.92. The van der Waals surface area contributed by atoms with Gasteiger partial charge in [-0.25, -0.2) is 4.68 Å². The smallest absolute Gasteiger partial charge is 0.290 e. The summed E-state index contributed by atoms with van der Waals surface area (Å²) in [7, 11) is 0. The molecule has 1 aromatic heterocycles. The van der Waals surface area contributed by atoms with Crippen LogP contribution in [0.3, 0.4) is 0 Å². The van der Waals surface area contributed by atoms with Crippen molar-refractivity contribution >= 4 is 11.4 Å². The first-order valence-electron chi connectivity index (χ1n) is 7.27. The van der Waals surface area contributed by atoms with Gasteiger partial charge in [-0.05, 0) is 25.1 Å². The number of anilines is 2. The van der Waals surface area contributed by atoms with Crippen LogP contribution in [0.15, 0.2) is 71.5 Å². The van der Waals surface area contributed by atoms with E-state index in [-0.39, 0.29) is 5.56 Å². The van der Waals surface area contributed by atoms with E-state index in [9.17, 15) is 4.79 Å². The monoisotopic (exact) mass is 291 g/mol. The van der Waals surface area contributed by atoms with Crippen molar-refractivity contribution in [3.63, 3.8) is 0 Å². The molecule has 2 aromatic carbocycles. The van der Waals surface area contributed by atoms with Crippen molar-refractivity contribution in [2.24, 2.45) is 0 Å². The van der Waals surface area contributed by atoms with Crippen molar-refractivity contribution in [3.8, 4) is 11.3 Å². The Morgan fingerprint density at radius 3 is 2.27 bits per heavy atom. The van der Waals surface area contributed by atoms with Crippen molar-refractivity contribution in [2.75, 3.05) is 5.32 Å². The molecule has 0 aliphatic heterocycles. The highest BCUT2D eigenvalue weighted by atomic mass is 16.1. The first kappa shape index (κ1) is 14.1. The van der Waals surface area contributed by atoms with Crippen LogP contribution in [0.4, 0.5) is 11.4 Å². The lowest BCUT2D eigenvalue weighted by atomic mass is 10.1. The Morgan fingerprint density at radius 1 is 1.00 bits per heavy atom. The molecule has 3 rings (SSSR count). The maximum Gasteiger partial charge on any atom is 0.290 e. The van der Waals surface area contributed by atoms with Gasteiger partial charge in [0.05, 0.1) is 5.69 Å². The maximum atomic E-state index is 12.4. The molecule has 3 aromatic rings. The number of benzene rings is 2. The Labute approximate surface area is 129 Å². The summed E-state index contributed by atoms with van der Waals surface area (Å²) in [6.45, 7) is 2.44. The molecule has 0 aliphatic carbocycles. The molecule has 1 N–H and O–H groups in total. The molecule has 0 amide bonds. The van der Waals surface area contributed by atoms with E-state index in [0.29, 0.717) is 12.2 Å². The van der Waals surface area contributed by atoms with E-state index < -0.39 is 0 Å². The minimum Gasteiger partial charge on any atom is -0.351 e. The van der Waals surface area contributed by atoms with Gasteiger partial charge in [0.2, 0.25) is 0 Å². The van der Waals surface area contributed by atoms with Crippen LogP contribution < -0.4 is 10.9 Å². The fraction of sp³-hybridized carbons (Fsp3) is 0.111. The quantitative estimate of drug-likeness (QED) is 0.797. The first-order chi connectivity index (χ1) is 10.8. The van der Waals surface area contributed by atoms with Gasteiger partial charge in [-0.2, -0.15) is 5.10 Å². The largest absolute Gasteiger partial charge is 0.351 e. The molecule has 0 radical (unpaired) electrons. The van der Waals surface area contributed by atoms with Gasteiger partial charge in [0.25, 0.3) is 5.56 Å². The summed E-state index contributed by atoms with van der Waals surface area (Å²) < 4.78 is 1.48. The van der Waals surface area contributed by atoms with Gasteiger partial charge >= 0.3 is 0 Å². The average Bonchev–Trinajstić information content (AvgIpc) is 2.58. The fourth-order valence-electron chi connectivity index (χ4n) is 2.27. The second kappa shape index (κ2) is 6.26. The summed E-state index contributed by atoms with van der Waals surface area (Å²) in [4.78, 5) is 12.4. The number of nitrogens with one attached hydrogen (secondary N) is 1. The number of rotatable bonds is 4. The highest BCUT2D eigenvalue weighted by molar-refractivity contribution is 5.66. The number of aromatic nitrogens is 2. The number of hydrogen-bond acceptors (Lipinski definition) is 3. The van der Waals surface area contributed by atoms with E-state index in [4.69, 9.17) is 0 Å². The van der Waals surface area contributed by atoms with Gasteiger partial charge in [-0.1, -0.05) is 48.5 Å². The minimum absolute atomic E-state index is 0.119. The van der Waals surface area contributed by atoms with E-state index in [1.807, 2.05) is 67.6 Å². The van der Waals surface area contributed by atoms with E-state index in [0.717, 1.165) is 16.9 Å². The van der Waals surface area contributed by atoms with Gasteiger partial charge in [-0.15, -0.1) is 0 Å². The molecule has 0 bridgehead atoms. The SMILES string of the molecule is CCn1nc(-c2ccccc2)cc(Nc2ccccc2)c1=O. The van der Waals surface area contributed by atoms with Gasteiger partial charge in [-0.3, -0.25) is 4.79 Å². The summed E-state index contributed by atoms with van der Waals surface area (Å²) in [5.74, 6) is 0. The van der Waals surface area contributed by atoms with Crippen molar-refractivity contribution in [1.29, 1.82) is 0 Å². The average molecular weight is 291 g/mol. The van der Waals surface area contributed by atoms with Crippen molar-refractivity contribution in [3.05, 3.63) is 77.1 Å². The lowest BCUT2D eigenvalue weighted by Crippen LogP contribution is -2.24. The van der Waals surface area contributed by atoms with E-state index in [1.54, 1.807) is 6.07 Å². The topological polar surface area (TPSA) is 46.9 Å². The Morgan fingerprint density at radius 2 is 1.64 bits per heavy atom. The third kappa shape index (κ3) is 2.91. The van der Waals surface area contributed by atoms with Gasteiger partial charge in [0, 0.05) is 17.8 Å². The molecule has 1 heterocycles. The number of hydrogen-bond donors (Lipinski definition) is 1. The summed E-state index contributed by atoms with van der Waals surface area (Å²) >= 11 is 0. The molecule has 0 saturated carbocycles. The number of nitrogens with zero attached hydrogens (tertiary/aromatic N) is 2. The molecule has 0 fully saturated rings. The minimum atomic E-state index is -0.119. The van der Waals surface area contributed by atoms with E-state index >= 15 is 0 Å². The standard InChI is InChI=1S/C18H17N3O/c1-2-21-18(22)17(19-15-11-7-4-8-12-15)13-16(20-21)14-9-5-3-6-10-14/h3-13,19H,2H2,1H3. The number of aryl methyl sites for hydroxylation is 1. The van der Waals surface area contributed by atoms with Crippen LogP contribution in [0.5, 0.6) is 0 Å². The zero-order chi connectivity index (χ0) is 15.4. The van der Waals surface area contributed by atoms with Crippen LogP contribution in [0.1, 0.15) is 6.92 Å². The second-order valence-corrected chi connectivity index (χ2v) is 4.92. The van der Waals surface area contributed by atoms with E-state index in [2.05, 4.69) is 10.4 Å². The molecule has 0 saturated heterocycles. The Balaban J connectivity index is 2.07. The summed E-state index contributed by atoms with van der Waals surface area (Å²) in [6, 6.07) is 21.3. The van der Waals surface area contributed by atoms with Crippen LogP contribution in [-0.2, 0) is 6.54 Å². The molecule has 110 valence electrons. The van der Waals surface area contributed by atoms with Crippen LogP contribution in [-0.4, -0.2) is 9.78 Å². The molecule has 0 aliphatic rings. The maximum absolute atomic E-state index is 12.4.